The number of ether oxygens (including phenoxy) is 2. The van der Waals surface area contributed by atoms with Crippen LogP contribution >= 0.6 is 0 Å². The topological polar surface area (TPSA) is 90.7 Å². The maximum absolute atomic E-state index is 12.3. The van der Waals surface area contributed by atoms with E-state index >= 15 is 0 Å². The van der Waals surface area contributed by atoms with Gasteiger partial charge in [-0.15, -0.1) is 0 Å². The van der Waals surface area contributed by atoms with Gasteiger partial charge in [-0.25, -0.2) is 13.1 Å². The number of sulfonamides is 1. The van der Waals surface area contributed by atoms with Crippen molar-refractivity contribution in [3.63, 3.8) is 0 Å². The number of nitrogen functional groups attached to an aromatic ring is 1. The molecular weight excluding hydrogens is 292 g/mol. The van der Waals surface area contributed by atoms with Gasteiger partial charge in [0.2, 0.25) is 10.0 Å². The Labute approximate surface area is 125 Å². The van der Waals surface area contributed by atoms with Crippen LogP contribution in [-0.4, -0.2) is 34.8 Å². The standard InChI is InChI=1S/C14H22N2O4S/c1-3-13-10(6-7-20-13)9-16-21(17,18)11-4-5-12(15)14(8-11)19-2/h4-5,8,10,13,16H,3,6-7,9,15H2,1-2H3. The zero-order valence-electron chi connectivity index (χ0n) is 12.3. The van der Waals surface area contributed by atoms with Gasteiger partial charge in [-0.05, 0) is 25.0 Å². The van der Waals surface area contributed by atoms with Gasteiger partial charge in [0.25, 0.3) is 0 Å². The van der Waals surface area contributed by atoms with Gasteiger partial charge >= 0.3 is 0 Å². The first-order valence-corrected chi connectivity index (χ1v) is 8.51. The molecule has 1 aliphatic heterocycles. The van der Waals surface area contributed by atoms with E-state index in [4.69, 9.17) is 15.2 Å². The fourth-order valence-electron chi connectivity index (χ4n) is 2.54. The maximum Gasteiger partial charge on any atom is 0.240 e. The normalized spacial score (nSPS) is 22.4. The van der Waals surface area contributed by atoms with Crippen molar-refractivity contribution in [3.05, 3.63) is 18.2 Å². The number of nitrogens with two attached hydrogens (primary N) is 1. The van der Waals surface area contributed by atoms with Crippen LogP contribution in [0.5, 0.6) is 5.75 Å². The molecule has 1 aromatic rings. The van der Waals surface area contributed by atoms with Gasteiger partial charge in [0.1, 0.15) is 5.75 Å². The van der Waals surface area contributed by atoms with E-state index in [1.807, 2.05) is 6.92 Å². The van der Waals surface area contributed by atoms with E-state index in [1.165, 1.54) is 25.3 Å². The zero-order valence-corrected chi connectivity index (χ0v) is 13.2. The summed E-state index contributed by atoms with van der Waals surface area (Å²) >= 11 is 0. The highest BCUT2D eigenvalue weighted by atomic mass is 32.2. The predicted octanol–water partition coefficient (Wildman–Crippen LogP) is 1.37. The van der Waals surface area contributed by atoms with Crippen LogP contribution in [0.2, 0.25) is 0 Å². The molecule has 3 N–H and O–H groups in total. The number of hydrogen-bond donors (Lipinski definition) is 2. The smallest absolute Gasteiger partial charge is 0.240 e. The summed E-state index contributed by atoms with van der Waals surface area (Å²) in [4.78, 5) is 0.153. The van der Waals surface area contributed by atoms with Crippen molar-refractivity contribution in [2.75, 3.05) is 26.0 Å². The Bertz CT molecular complexity index is 589. The van der Waals surface area contributed by atoms with Gasteiger partial charge in [-0.1, -0.05) is 6.92 Å². The average molecular weight is 314 g/mol. The van der Waals surface area contributed by atoms with Crippen molar-refractivity contribution < 1.29 is 17.9 Å². The summed E-state index contributed by atoms with van der Waals surface area (Å²) in [5.41, 5.74) is 6.11. The Kier molecular flexibility index (Phi) is 5.08. The fourth-order valence-corrected chi connectivity index (χ4v) is 3.65. The molecule has 0 saturated carbocycles. The van der Waals surface area contributed by atoms with Crippen molar-refractivity contribution in [3.8, 4) is 5.75 Å². The summed E-state index contributed by atoms with van der Waals surface area (Å²) < 4.78 is 37.9. The minimum absolute atomic E-state index is 0.133. The molecule has 0 aliphatic carbocycles. The summed E-state index contributed by atoms with van der Waals surface area (Å²) in [6, 6.07) is 4.43. The highest BCUT2D eigenvalue weighted by molar-refractivity contribution is 7.89. The summed E-state index contributed by atoms with van der Waals surface area (Å²) in [7, 11) is -2.11. The molecular formula is C14H22N2O4S. The van der Waals surface area contributed by atoms with Gasteiger partial charge in [-0.2, -0.15) is 0 Å². The molecule has 0 spiro atoms. The molecule has 1 fully saturated rings. The number of nitrogens with one attached hydrogen (secondary N) is 1. The summed E-state index contributed by atoms with van der Waals surface area (Å²) in [5, 5.41) is 0. The average Bonchev–Trinajstić information content (AvgIpc) is 2.93. The van der Waals surface area contributed by atoms with E-state index in [-0.39, 0.29) is 16.9 Å². The van der Waals surface area contributed by atoms with Gasteiger partial charge in [-0.3, -0.25) is 0 Å². The van der Waals surface area contributed by atoms with Gasteiger partial charge in [0.05, 0.1) is 23.8 Å². The van der Waals surface area contributed by atoms with Crippen molar-refractivity contribution >= 4 is 15.7 Å². The lowest BCUT2D eigenvalue weighted by atomic mass is 10.0. The second-order valence-electron chi connectivity index (χ2n) is 5.12. The molecule has 2 atom stereocenters. The van der Waals surface area contributed by atoms with Crippen molar-refractivity contribution in [2.24, 2.45) is 5.92 Å². The predicted molar refractivity (Wildman–Crippen MR) is 80.7 cm³/mol. The summed E-state index contributed by atoms with van der Waals surface area (Å²) in [5.74, 6) is 0.578. The van der Waals surface area contributed by atoms with Crippen molar-refractivity contribution in [2.45, 2.75) is 30.8 Å². The van der Waals surface area contributed by atoms with E-state index in [1.54, 1.807) is 0 Å². The lowest BCUT2D eigenvalue weighted by Crippen LogP contribution is -2.32. The Morgan fingerprint density at radius 2 is 2.24 bits per heavy atom. The second kappa shape index (κ2) is 6.64. The molecule has 1 aromatic carbocycles. The van der Waals surface area contributed by atoms with Crippen LogP contribution in [0.4, 0.5) is 5.69 Å². The molecule has 1 saturated heterocycles. The van der Waals surface area contributed by atoms with E-state index in [2.05, 4.69) is 4.72 Å². The van der Waals surface area contributed by atoms with Crippen LogP contribution in [0.25, 0.3) is 0 Å². The maximum atomic E-state index is 12.3. The van der Waals surface area contributed by atoms with Crippen LogP contribution < -0.4 is 15.2 Å². The van der Waals surface area contributed by atoms with Crippen LogP contribution in [-0.2, 0) is 14.8 Å². The summed E-state index contributed by atoms with van der Waals surface area (Å²) in [6.07, 6.45) is 1.91. The fraction of sp³-hybridized carbons (Fsp3) is 0.571. The number of rotatable bonds is 6. The van der Waals surface area contributed by atoms with E-state index < -0.39 is 10.0 Å². The van der Waals surface area contributed by atoms with Crippen LogP contribution in [0.15, 0.2) is 23.1 Å². The molecule has 0 bridgehead atoms. The van der Waals surface area contributed by atoms with Gasteiger partial charge in [0.15, 0.2) is 0 Å². The third-order valence-corrected chi connectivity index (χ3v) is 5.22. The highest BCUT2D eigenvalue weighted by Gasteiger charge is 2.28. The molecule has 1 heterocycles. The first-order valence-electron chi connectivity index (χ1n) is 7.02. The molecule has 0 aromatic heterocycles. The molecule has 118 valence electrons. The van der Waals surface area contributed by atoms with E-state index in [9.17, 15) is 8.42 Å². The SMILES string of the molecule is CCC1OCCC1CNS(=O)(=O)c1ccc(N)c(OC)c1. The van der Waals surface area contributed by atoms with E-state index in [0.29, 0.717) is 24.6 Å². The first kappa shape index (κ1) is 16.1. The minimum Gasteiger partial charge on any atom is -0.495 e. The Balaban J connectivity index is 2.08. The van der Waals surface area contributed by atoms with Crippen molar-refractivity contribution in [1.29, 1.82) is 0 Å². The minimum atomic E-state index is -3.57. The Hall–Kier alpha value is -1.31. The van der Waals surface area contributed by atoms with Crippen LogP contribution in [0, 0.1) is 5.92 Å². The molecule has 2 rings (SSSR count). The summed E-state index contributed by atoms with van der Waals surface area (Å²) in [6.45, 7) is 3.12. The molecule has 7 heteroatoms. The van der Waals surface area contributed by atoms with E-state index in [0.717, 1.165) is 12.8 Å². The Morgan fingerprint density at radius 3 is 2.90 bits per heavy atom. The van der Waals surface area contributed by atoms with Gasteiger partial charge in [0, 0.05) is 25.1 Å². The zero-order chi connectivity index (χ0) is 15.5. The van der Waals surface area contributed by atoms with Crippen LogP contribution in [0.3, 0.4) is 0 Å². The highest BCUT2D eigenvalue weighted by Crippen LogP contribution is 2.26. The molecule has 0 amide bonds. The monoisotopic (exact) mass is 314 g/mol. The quantitative estimate of drug-likeness (QED) is 0.774. The second-order valence-corrected chi connectivity index (χ2v) is 6.89. The number of benzene rings is 1. The lowest BCUT2D eigenvalue weighted by molar-refractivity contribution is 0.0884. The van der Waals surface area contributed by atoms with Crippen LogP contribution in [0.1, 0.15) is 19.8 Å². The third-order valence-electron chi connectivity index (χ3n) is 3.80. The molecule has 0 radical (unpaired) electrons. The third kappa shape index (κ3) is 3.66. The van der Waals surface area contributed by atoms with Crippen molar-refractivity contribution in [1.82, 2.24) is 4.72 Å². The number of methoxy groups -OCH3 is 1. The van der Waals surface area contributed by atoms with Gasteiger partial charge < -0.3 is 15.2 Å². The number of anilines is 1. The molecule has 1 aliphatic rings. The number of hydrogen-bond acceptors (Lipinski definition) is 5. The largest absolute Gasteiger partial charge is 0.495 e. The Morgan fingerprint density at radius 1 is 1.48 bits per heavy atom. The molecule has 6 nitrogen and oxygen atoms in total. The first-order chi connectivity index (χ1) is 9.97. The lowest BCUT2D eigenvalue weighted by Gasteiger charge is -2.17. The molecule has 2 unspecified atom stereocenters. The molecule has 21 heavy (non-hydrogen) atoms.